The third kappa shape index (κ3) is 5.09. The van der Waals surface area contributed by atoms with Crippen molar-refractivity contribution in [2.24, 2.45) is 0 Å². The lowest BCUT2D eigenvalue weighted by atomic mass is 10.2. The average molecular weight is 404 g/mol. The summed E-state index contributed by atoms with van der Waals surface area (Å²) in [7, 11) is -1.95. The van der Waals surface area contributed by atoms with Gasteiger partial charge in [0.1, 0.15) is 10.8 Å². The lowest BCUT2D eigenvalue weighted by molar-refractivity contribution is 0.284. The molecule has 0 saturated heterocycles. The number of thiophene rings is 1. The van der Waals surface area contributed by atoms with Crippen molar-refractivity contribution >= 4 is 21.4 Å². The third-order valence-corrected chi connectivity index (χ3v) is 6.81. The van der Waals surface area contributed by atoms with Crippen molar-refractivity contribution in [3.63, 3.8) is 0 Å². The summed E-state index contributed by atoms with van der Waals surface area (Å²) in [5.74, 6) is 1.18. The number of rotatable bonds is 8. The Morgan fingerprint density at radius 1 is 0.963 bits per heavy atom. The standard InChI is InChI=1S/C20H21NO4S2/c1-15-8-11-20(26-15)27(22,23)21-13-17-9-10-18(19(12-17)24-2)25-14-16-6-4-3-5-7-16/h3-12,21H,13-14H2,1-2H3. The van der Waals surface area contributed by atoms with E-state index in [1.807, 2.05) is 43.3 Å². The summed E-state index contributed by atoms with van der Waals surface area (Å²) in [6, 6.07) is 18.7. The summed E-state index contributed by atoms with van der Waals surface area (Å²) in [6.07, 6.45) is 0. The van der Waals surface area contributed by atoms with Gasteiger partial charge in [-0.15, -0.1) is 11.3 Å². The van der Waals surface area contributed by atoms with Gasteiger partial charge in [-0.05, 0) is 42.3 Å². The van der Waals surface area contributed by atoms with Gasteiger partial charge in [-0.1, -0.05) is 36.4 Å². The van der Waals surface area contributed by atoms with Crippen LogP contribution in [0.5, 0.6) is 11.5 Å². The first-order valence-electron chi connectivity index (χ1n) is 8.38. The first-order valence-corrected chi connectivity index (χ1v) is 10.7. The summed E-state index contributed by atoms with van der Waals surface area (Å²) >= 11 is 1.25. The first kappa shape index (κ1) is 19.4. The molecule has 0 saturated carbocycles. The number of aryl methyl sites for hydroxylation is 1. The summed E-state index contributed by atoms with van der Waals surface area (Å²) < 4.78 is 38.8. The molecular formula is C20H21NO4S2. The average Bonchev–Trinajstić information content (AvgIpc) is 3.13. The van der Waals surface area contributed by atoms with Crippen LogP contribution in [0.3, 0.4) is 0 Å². The fourth-order valence-corrected chi connectivity index (χ4v) is 4.83. The second-order valence-corrected chi connectivity index (χ2v) is 9.23. The van der Waals surface area contributed by atoms with Gasteiger partial charge in [-0.3, -0.25) is 0 Å². The Balaban J connectivity index is 1.67. The molecule has 0 atom stereocenters. The van der Waals surface area contributed by atoms with Gasteiger partial charge in [0.2, 0.25) is 10.0 Å². The molecule has 2 aromatic carbocycles. The molecule has 0 aliphatic carbocycles. The van der Waals surface area contributed by atoms with E-state index in [1.54, 1.807) is 31.4 Å². The lowest BCUT2D eigenvalue weighted by Gasteiger charge is -2.13. The second-order valence-electron chi connectivity index (χ2n) is 5.95. The molecule has 27 heavy (non-hydrogen) atoms. The predicted molar refractivity (Wildman–Crippen MR) is 107 cm³/mol. The Bertz CT molecular complexity index is 998. The van der Waals surface area contributed by atoms with Crippen LogP contribution in [0.25, 0.3) is 0 Å². The Morgan fingerprint density at radius 2 is 1.74 bits per heavy atom. The van der Waals surface area contributed by atoms with Crippen LogP contribution in [0.1, 0.15) is 16.0 Å². The van der Waals surface area contributed by atoms with E-state index in [-0.39, 0.29) is 6.54 Å². The normalized spacial score (nSPS) is 11.3. The molecule has 3 aromatic rings. The van der Waals surface area contributed by atoms with Crippen LogP contribution in [-0.2, 0) is 23.2 Å². The quantitative estimate of drug-likeness (QED) is 0.614. The van der Waals surface area contributed by atoms with Crippen molar-refractivity contribution in [1.29, 1.82) is 0 Å². The number of benzene rings is 2. The molecule has 7 heteroatoms. The molecule has 1 N–H and O–H groups in total. The maximum atomic E-state index is 12.3. The molecule has 3 rings (SSSR count). The monoisotopic (exact) mass is 403 g/mol. The Kier molecular flexibility index (Phi) is 6.15. The number of ether oxygens (including phenoxy) is 2. The van der Waals surface area contributed by atoms with E-state index in [9.17, 15) is 8.42 Å². The molecule has 0 fully saturated rings. The molecule has 1 heterocycles. The van der Waals surface area contributed by atoms with E-state index in [0.717, 1.165) is 16.0 Å². The van der Waals surface area contributed by atoms with E-state index in [0.29, 0.717) is 22.3 Å². The van der Waals surface area contributed by atoms with Crippen LogP contribution < -0.4 is 14.2 Å². The first-order chi connectivity index (χ1) is 13.0. The van der Waals surface area contributed by atoms with E-state index < -0.39 is 10.0 Å². The molecule has 0 aliphatic heterocycles. The lowest BCUT2D eigenvalue weighted by Crippen LogP contribution is -2.22. The molecule has 142 valence electrons. The molecule has 0 bridgehead atoms. The Morgan fingerprint density at radius 3 is 2.41 bits per heavy atom. The van der Waals surface area contributed by atoms with Gasteiger partial charge < -0.3 is 9.47 Å². The van der Waals surface area contributed by atoms with E-state index >= 15 is 0 Å². The van der Waals surface area contributed by atoms with Crippen molar-refractivity contribution in [1.82, 2.24) is 4.72 Å². The van der Waals surface area contributed by atoms with E-state index in [1.165, 1.54) is 11.3 Å². The van der Waals surface area contributed by atoms with Gasteiger partial charge in [-0.25, -0.2) is 13.1 Å². The highest BCUT2D eigenvalue weighted by atomic mass is 32.2. The molecule has 0 unspecified atom stereocenters. The van der Waals surface area contributed by atoms with Gasteiger partial charge in [0.05, 0.1) is 7.11 Å². The molecule has 0 radical (unpaired) electrons. The molecule has 0 spiro atoms. The molecule has 0 aliphatic rings. The van der Waals surface area contributed by atoms with Crippen LogP contribution in [0.4, 0.5) is 0 Å². The van der Waals surface area contributed by atoms with Crippen LogP contribution in [0.2, 0.25) is 0 Å². The maximum absolute atomic E-state index is 12.3. The van der Waals surface area contributed by atoms with Gasteiger partial charge >= 0.3 is 0 Å². The zero-order chi connectivity index (χ0) is 19.3. The zero-order valence-electron chi connectivity index (χ0n) is 15.1. The minimum atomic E-state index is -3.52. The summed E-state index contributed by atoms with van der Waals surface area (Å²) in [5.41, 5.74) is 1.85. The molecule has 0 amide bonds. The number of hydrogen-bond donors (Lipinski definition) is 1. The van der Waals surface area contributed by atoms with Crippen molar-refractivity contribution in [2.45, 2.75) is 24.3 Å². The number of methoxy groups -OCH3 is 1. The van der Waals surface area contributed by atoms with Crippen LogP contribution in [0, 0.1) is 6.92 Å². The van der Waals surface area contributed by atoms with Gasteiger partial charge in [0, 0.05) is 11.4 Å². The number of hydrogen-bond acceptors (Lipinski definition) is 5. The Hall–Kier alpha value is -2.35. The zero-order valence-corrected chi connectivity index (χ0v) is 16.8. The van der Waals surface area contributed by atoms with Crippen molar-refractivity contribution < 1.29 is 17.9 Å². The summed E-state index contributed by atoms with van der Waals surface area (Å²) in [4.78, 5) is 0.956. The SMILES string of the molecule is COc1cc(CNS(=O)(=O)c2ccc(C)s2)ccc1OCc1ccccc1. The predicted octanol–water partition coefficient (Wildman–Crippen LogP) is 4.12. The Labute approximate surface area is 163 Å². The highest BCUT2D eigenvalue weighted by Crippen LogP contribution is 2.29. The van der Waals surface area contributed by atoms with E-state index in [4.69, 9.17) is 9.47 Å². The second kappa shape index (κ2) is 8.56. The molecule has 5 nitrogen and oxygen atoms in total. The van der Waals surface area contributed by atoms with Crippen molar-refractivity contribution in [3.05, 3.63) is 76.7 Å². The fraction of sp³-hybridized carbons (Fsp3) is 0.200. The number of nitrogens with one attached hydrogen (secondary N) is 1. The largest absolute Gasteiger partial charge is 0.493 e. The van der Waals surface area contributed by atoms with Crippen molar-refractivity contribution in [2.75, 3.05) is 7.11 Å². The van der Waals surface area contributed by atoms with Crippen LogP contribution in [0.15, 0.2) is 64.9 Å². The van der Waals surface area contributed by atoms with Gasteiger partial charge in [0.25, 0.3) is 0 Å². The minimum Gasteiger partial charge on any atom is -0.493 e. The van der Waals surface area contributed by atoms with Gasteiger partial charge in [0.15, 0.2) is 11.5 Å². The summed E-state index contributed by atoms with van der Waals surface area (Å²) in [6.45, 7) is 2.48. The minimum absolute atomic E-state index is 0.175. The molecule has 1 aromatic heterocycles. The smallest absolute Gasteiger partial charge is 0.250 e. The highest BCUT2D eigenvalue weighted by Gasteiger charge is 2.16. The van der Waals surface area contributed by atoms with E-state index in [2.05, 4.69) is 4.72 Å². The third-order valence-electron chi connectivity index (χ3n) is 3.91. The summed E-state index contributed by atoms with van der Waals surface area (Å²) in [5, 5.41) is 0. The highest BCUT2D eigenvalue weighted by molar-refractivity contribution is 7.91. The van der Waals surface area contributed by atoms with Crippen LogP contribution in [-0.4, -0.2) is 15.5 Å². The topological polar surface area (TPSA) is 64.6 Å². The van der Waals surface area contributed by atoms with Crippen molar-refractivity contribution in [3.8, 4) is 11.5 Å². The van der Waals surface area contributed by atoms with Gasteiger partial charge in [-0.2, -0.15) is 0 Å². The number of sulfonamides is 1. The maximum Gasteiger partial charge on any atom is 0.250 e. The fourth-order valence-electron chi connectivity index (χ4n) is 2.48. The van der Waals surface area contributed by atoms with Crippen LogP contribution >= 0.6 is 11.3 Å². The molecular weight excluding hydrogens is 382 g/mol.